The molecule has 0 aromatic heterocycles. The highest BCUT2D eigenvalue weighted by Gasteiger charge is 2.53. The van der Waals surface area contributed by atoms with Crippen LogP contribution >= 0.6 is 0 Å². The first-order chi connectivity index (χ1) is 15.8. The molecule has 1 saturated carbocycles. The first kappa shape index (κ1) is 22.0. The first-order valence-corrected chi connectivity index (χ1v) is 12.0. The summed E-state index contributed by atoms with van der Waals surface area (Å²) in [5.41, 5.74) is 10.4. The number of likely N-dealkylation sites (N-methyl/N-ethyl adjacent to an activating group) is 1. The SMILES string of the molecule is Cc1ccc2c(c1)[C@@]1(C)CCN(CC3CC3)C(C2)[C@H]1N(C)C(=O)Nc1ccc(C(N)=O)cc1. The van der Waals surface area contributed by atoms with Crippen molar-refractivity contribution in [3.8, 4) is 0 Å². The lowest BCUT2D eigenvalue weighted by atomic mass is 9.61. The Labute approximate surface area is 196 Å². The van der Waals surface area contributed by atoms with Crippen molar-refractivity contribution in [2.45, 2.75) is 57.0 Å². The zero-order chi connectivity index (χ0) is 23.3. The number of carbonyl (C=O) groups is 2. The summed E-state index contributed by atoms with van der Waals surface area (Å²) in [7, 11) is 1.93. The lowest BCUT2D eigenvalue weighted by Gasteiger charge is -2.58. The van der Waals surface area contributed by atoms with Crippen molar-refractivity contribution in [2.24, 2.45) is 11.7 Å². The highest BCUT2D eigenvalue weighted by Crippen LogP contribution is 2.48. The second kappa shape index (κ2) is 8.17. The van der Waals surface area contributed by atoms with E-state index in [4.69, 9.17) is 5.73 Å². The molecule has 2 aromatic carbocycles. The number of aryl methyl sites for hydroxylation is 1. The third kappa shape index (κ3) is 4.01. The van der Waals surface area contributed by atoms with Gasteiger partial charge < -0.3 is 16.0 Å². The molecule has 1 aliphatic heterocycles. The molecule has 6 heteroatoms. The van der Waals surface area contributed by atoms with Gasteiger partial charge in [-0.3, -0.25) is 9.69 Å². The summed E-state index contributed by atoms with van der Waals surface area (Å²) >= 11 is 0. The summed E-state index contributed by atoms with van der Waals surface area (Å²) < 4.78 is 0. The average Bonchev–Trinajstić information content (AvgIpc) is 3.60. The maximum absolute atomic E-state index is 13.4. The molecule has 2 fully saturated rings. The molecule has 1 saturated heterocycles. The lowest BCUT2D eigenvalue weighted by Crippen LogP contribution is -2.68. The molecule has 2 aromatic rings. The van der Waals surface area contributed by atoms with Crippen LogP contribution in [0.1, 0.15) is 53.2 Å². The highest BCUT2D eigenvalue weighted by molar-refractivity contribution is 5.94. The van der Waals surface area contributed by atoms with E-state index in [1.807, 2.05) is 11.9 Å². The van der Waals surface area contributed by atoms with Gasteiger partial charge in [-0.25, -0.2) is 4.79 Å². The van der Waals surface area contributed by atoms with Crippen molar-refractivity contribution >= 4 is 17.6 Å². The van der Waals surface area contributed by atoms with Crippen molar-refractivity contribution in [3.63, 3.8) is 0 Å². The Morgan fingerprint density at radius 2 is 1.91 bits per heavy atom. The number of urea groups is 1. The van der Waals surface area contributed by atoms with E-state index in [0.717, 1.165) is 31.8 Å². The lowest BCUT2D eigenvalue weighted by molar-refractivity contribution is 0.00463. The molecule has 6 nitrogen and oxygen atoms in total. The van der Waals surface area contributed by atoms with Crippen LogP contribution in [0.25, 0.3) is 0 Å². The molecule has 0 spiro atoms. The monoisotopic (exact) mass is 446 g/mol. The number of fused-ring (bicyclic) bond motifs is 4. The Morgan fingerprint density at radius 1 is 1.18 bits per heavy atom. The Morgan fingerprint density at radius 3 is 2.58 bits per heavy atom. The minimum Gasteiger partial charge on any atom is -0.366 e. The number of nitrogens with two attached hydrogens (primary N) is 1. The number of hydrogen-bond acceptors (Lipinski definition) is 3. The van der Waals surface area contributed by atoms with Gasteiger partial charge in [-0.05, 0) is 80.5 Å². The number of carbonyl (C=O) groups excluding carboxylic acids is 2. The van der Waals surface area contributed by atoms with Crippen molar-refractivity contribution in [3.05, 3.63) is 64.7 Å². The maximum Gasteiger partial charge on any atom is 0.321 e. The number of benzene rings is 2. The smallest absolute Gasteiger partial charge is 0.321 e. The molecule has 3 amide bonds. The van der Waals surface area contributed by atoms with Gasteiger partial charge in [0.15, 0.2) is 0 Å². The van der Waals surface area contributed by atoms with E-state index in [-0.39, 0.29) is 17.5 Å². The molecular formula is C27H34N4O2. The van der Waals surface area contributed by atoms with Crippen molar-refractivity contribution in [2.75, 3.05) is 25.5 Å². The fraction of sp³-hybridized carbons (Fsp3) is 0.481. The Bertz CT molecular complexity index is 1080. The molecule has 174 valence electrons. The summed E-state index contributed by atoms with van der Waals surface area (Å²) in [4.78, 5) is 29.4. The second-order valence-corrected chi connectivity index (χ2v) is 10.5. The van der Waals surface area contributed by atoms with Gasteiger partial charge in [0.05, 0.1) is 6.04 Å². The Hall–Kier alpha value is -2.86. The number of likely N-dealkylation sites (tertiary alicyclic amines) is 1. The molecule has 2 bridgehead atoms. The summed E-state index contributed by atoms with van der Waals surface area (Å²) in [5.74, 6) is 0.343. The number of rotatable bonds is 5. The number of anilines is 1. The summed E-state index contributed by atoms with van der Waals surface area (Å²) in [6.45, 7) is 6.73. The molecule has 5 rings (SSSR count). The molecule has 33 heavy (non-hydrogen) atoms. The second-order valence-electron chi connectivity index (χ2n) is 10.5. The Kier molecular flexibility index (Phi) is 5.44. The summed E-state index contributed by atoms with van der Waals surface area (Å²) in [6.07, 6.45) is 4.69. The van der Waals surface area contributed by atoms with Gasteiger partial charge in [0.2, 0.25) is 5.91 Å². The summed E-state index contributed by atoms with van der Waals surface area (Å²) in [5, 5.41) is 3.03. The van der Waals surface area contributed by atoms with Crippen LogP contribution in [0, 0.1) is 12.8 Å². The zero-order valence-electron chi connectivity index (χ0n) is 19.8. The van der Waals surface area contributed by atoms with Crippen LogP contribution in [0.2, 0.25) is 0 Å². The van der Waals surface area contributed by atoms with Crippen LogP contribution in [0.5, 0.6) is 0 Å². The predicted molar refractivity (Wildman–Crippen MR) is 130 cm³/mol. The van der Waals surface area contributed by atoms with Crippen LogP contribution in [0.3, 0.4) is 0 Å². The van der Waals surface area contributed by atoms with Gasteiger partial charge in [0, 0.05) is 36.3 Å². The molecule has 3 atom stereocenters. The van der Waals surface area contributed by atoms with E-state index < -0.39 is 5.91 Å². The van der Waals surface area contributed by atoms with Crippen LogP contribution in [-0.4, -0.2) is 54.0 Å². The quantitative estimate of drug-likeness (QED) is 0.731. The Balaban J connectivity index is 1.44. The number of nitrogens with one attached hydrogen (secondary N) is 1. The van der Waals surface area contributed by atoms with E-state index in [1.165, 1.54) is 29.5 Å². The maximum atomic E-state index is 13.4. The van der Waals surface area contributed by atoms with E-state index in [0.29, 0.717) is 17.3 Å². The van der Waals surface area contributed by atoms with E-state index in [2.05, 4.69) is 42.3 Å². The van der Waals surface area contributed by atoms with Crippen molar-refractivity contribution in [1.29, 1.82) is 0 Å². The van der Waals surface area contributed by atoms with Crippen LogP contribution in [0.4, 0.5) is 10.5 Å². The number of piperidine rings is 1. The fourth-order valence-electron chi connectivity index (χ4n) is 6.07. The number of amides is 3. The van der Waals surface area contributed by atoms with E-state index in [1.54, 1.807) is 24.3 Å². The van der Waals surface area contributed by atoms with E-state index in [9.17, 15) is 9.59 Å². The van der Waals surface area contributed by atoms with Gasteiger partial charge >= 0.3 is 6.03 Å². The average molecular weight is 447 g/mol. The minimum absolute atomic E-state index is 0.0872. The van der Waals surface area contributed by atoms with Crippen LogP contribution in [0.15, 0.2) is 42.5 Å². The highest BCUT2D eigenvalue weighted by atomic mass is 16.2. The fourth-order valence-corrected chi connectivity index (χ4v) is 6.07. The standard InChI is InChI=1S/C27H34N4O2/c1-17-4-7-20-15-23-24(27(2,22(20)14-17)12-13-31(23)16-18-5-6-18)30(3)26(33)29-21-10-8-19(9-11-21)25(28)32/h4,7-11,14,18,23-24H,5-6,12-13,15-16H2,1-3H3,(H2,28,32)(H,29,33)/t23?,24-,27-/m1/s1. The van der Waals surface area contributed by atoms with E-state index >= 15 is 0 Å². The van der Waals surface area contributed by atoms with Crippen LogP contribution in [-0.2, 0) is 11.8 Å². The van der Waals surface area contributed by atoms with Gasteiger partial charge in [0.25, 0.3) is 0 Å². The molecule has 2 aliphatic carbocycles. The third-order valence-corrected chi connectivity index (χ3v) is 8.06. The number of hydrogen-bond donors (Lipinski definition) is 2. The molecule has 0 radical (unpaired) electrons. The molecule has 1 heterocycles. The third-order valence-electron chi connectivity index (χ3n) is 8.06. The minimum atomic E-state index is -0.474. The van der Waals surface area contributed by atoms with Gasteiger partial charge in [0.1, 0.15) is 0 Å². The molecule has 3 N–H and O–H groups in total. The molecular weight excluding hydrogens is 412 g/mol. The first-order valence-electron chi connectivity index (χ1n) is 12.0. The number of nitrogens with zero attached hydrogens (tertiary/aromatic N) is 2. The molecule has 3 aliphatic rings. The van der Waals surface area contributed by atoms with Gasteiger partial charge in [-0.1, -0.05) is 30.7 Å². The number of primary amides is 1. The normalized spacial score (nSPS) is 26.4. The predicted octanol–water partition coefficient (Wildman–Crippen LogP) is 3.92. The van der Waals surface area contributed by atoms with Crippen molar-refractivity contribution < 1.29 is 9.59 Å². The van der Waals surface area contributed by atoms with Crippen LogP contribution < -0.4 is 11.1 Å². The zero-order valence-corrected chi connectivity index (χ0v) is 19.8. The van der Waals surface area contributed by atoms with Gasteiger partial charge in [-0.2, -0.15) is 0 Å². The largest absolute Gasteiger partial charge is 0.366 e. The van der Waals surface area contributed by atoms with Crippen molar-refractivity contribution in [1.82, 2.24) is 9.80 Å². The van der Waals surface area contributed by atoms with Gasteiger partial charge in [-0.15, -0.1) is 0 Å². The topological polar surface area (TPSA) is 78.7 Å². The summed E-state index contributed by atoms with van der Waals surface area (Å²) in [6, 6.07) is 13.9. The molecule has 1 unspecified atom stereocenters.